The highest BCUT2D eigenvalue weighted by molar-refractivity contribution is 6.01. The number of aromatic amines is 2. The molecule has 3 N–H and O–H groups in total. The zero-order valence-corrected chi connectivity index (χ0v) is 38.9. The number of amides is 1. The van der Waals surface area contributed by atoms with E-state index in [1.54, 1.807) is 0 Å². The van der Waals surface area contributed by atoms with E-state index in [-0.39, 0.29) is 77.8 Å². The lowest BCUT2D eigenvalue weighted by molar-refractivity contribution is -0.671. The molecule has 1 aromatic carbocycles. The summed E-state index contributed by atoms with van der Waals surface area (Å²) in [4.78, 5) is 30.5. The number of hydrogen-bond donors (Lipinski definition) is 3. The van der Waals surface area contributed by atoms with Crippen molar-refractivity contribution in [3.63, 3.8) is 0 Å². The first kappa shape index (κ1) is 43.3. The maximum absolute atomic E-state index is 12.1. The van der Waals surface area contributed by atoms with Crippen molar-refractivity contribution < 1.29 is 90.4 Å². The number of nitrogens with zero attached hydrogens (tertiary/aromatic N) is 5. The Morgan fingerprint density at radius 2 is 0.780 bits per heavy atom. The molecule has 8 heterocycles. The van der Waals surface area contributed by atoms with Crippen molar-refractivity contribution in [1.82, 2.24) is 19.9 Å². The van der Waals surface area contributed by atoms with E-state index in [9.17, 15) is 4.79 Å². The molecule has 2 aliphatic rings. The third-order valence-corrected chi connectivity index (χ3v) is 10.2. The number of fused-ring (bicyclic) bond motifs is 8. The third-order valence-electron chi connectivity index (χ3n) is 10.2. The minimum Gasteiger partial charge on any atom is -1.00 e. The normalized spacial score (nSPS) is 11.2. The van der Waals surface area contributed by atoms with Crippen molar-refractivity contribution in [2.45, 2.75) is 0 Å². The Hall–Kier alpha value is -5.33. The molecule has 294 valence electrons. The highest BCUT2D eigenvalue weighted by Gasteiger charge is 2.20. The van der Waals surface area contributed by atoms with Crippen LogP contribution in [0.5, 0.6) is 0 Å². The number of pyridine rings is 3. The molecule has 0 radical (unpaired) electrons. The van der Waals surface area contributed by atoms with E-state index in [1.807, 2.05) is 59.1 Å². The number of nitrogens with one attached hydrogen (secondary N) is 3. The zero-order valence-electron chi connectivity index (χ0n) is 32.4. The smallest absolute Gasteiger partial charge is 0.247 e. The summed E-state index contributed by atoms with van der Waals surface area (Å²) in [5.74, 6) is -0.263. The molecule has 2 aliphatic heterocycles. The summed E-state index contributed by atoms with van der Waals surface area (Å²) in [5, 5.41) is 2.86. The molecule has 0 spiro atoms. The van der Waals surface area contributed by atoms with Gasteiger partial charge in [-0.2, -0.15) is 0 Å². The Labute approximate surface area is 393 Å². The van der Waals surface area contributed by atoms with Crippen LogP contribution in [0.3, 0.4) is 0 Å². The molecule has 0 fully saturated rings. The number of hydrogen-bond acceptors (Lipinski definition) is 3. The summed E-state index contributed by atoms with van der Waals surface area (Å²) >= 11 is 0. The van der Waals surface area contributed by atoms with Gasteiger partial charge < -0.3 is 87.2 Å². The molecule has 7 aromatic rings. The van der Waals surface area contributed by atoms with Gasteiger partial charge in [0.1, 0.15) is 21.1 Å². The number of halogens is 3. The molecule has 6 aromatic heterocycles. The number of carbonyl (C=O) groups is 1. The summed E-state index contributed by atoms with van der Waals surface area (Å²) < 4.78 is 6.09. The third kappa shape index (κ3) is 8.70. The first-order valence-corrected chi connectivity index (χ1v) is 18.4. The lowest BCUT2D eigenvalue weighted by Crippen LogP contribution is -3.00. The van der Waals surface area contributed by atoms with Crippen LogP contribution in [0, 0.1) is 0 Å². The van der Waals surface area contributed by atoms with Gasteiger partial charge in [0.2, 0.25) is 5.91 Å². The van der Waals surface area contributed by atoms with Crippen LogP contribution in [0.25, 0.3) is 90.9 Å². The second kappa shape index (κ2) is 18.3. The fraction of sp³-hybridized carbons (Fsp3) is 0.0638. The Bertz CT molecular complexity index is 2890. The summed E-state index contributed by atoms with van der Waals surface area (Å²) in [5.41, 5.74) is 15.7. The van der Waals surface area contributed by atoms with Gasteiger partial charge in [0.15, 0.2) is 37.2 Å². The van der Waals surface area contributed by atoms with Gasteiger partial charge >= 0.3 is 0 Å². The van der Waals surface area contributed by atoms with Crippen LogP contribution < -0.4 is 90.9 Å². The van der Waals surface area contributed by atoms with Gasteiger partial charge in [-0.1, -0.05) is 18.7 Å². The van der Waals surface area contributed by atoms with E-state index >= 15 is 0 Å². The first-order valence-electron chi connectivity index (χ1n) is 18.4. The van der Waals surface area contributed by atoms with Crippen LogP contribution in [-0.2, 0) is 25.9 Å². The summed E-state index contributed by atoms with van der Waals surface area (Å²) in [7, 11) is 6.05. The molecule has 0 saturated carbocycles. The molecular formula is C47H39I3N8O. The van der Waals surface area contributed by atoms with Crippen molar-refractivity contribution in [2.24, 2.45) is 21.1 Å². The van der Waals surface area contributed by atoms with E-state index in [0.717, 1.165) is 89.4 Å². The SMILES string of the molecule is C=CC(=O)Nc1ccc(-c2c3nc(c(-c4cc[n+](C)cc4)c4ccc([nH]4)c(-c4cc[n+](C)cc4)c4nc(c(-c5cc[n+](C)cc5)c5ccc2[nH]5)C=C4)C=C3)cc1.[I-].[I-].[I-]. The zero-order chi connectivity index (χ0) is 38.3. The molecule has 1 amide bonds. The molecular weight excluding hydrogens is 1070 g/mol. The van der Waals surface area contributed by atoms with Crippen molar-refractivity contribution in [2.75, 3.05) is 5.32 Å². The van der Waals surface area contributed by atoms with Crippen LogP contribution in [-0.4, -0.2) is 25.8 Å². The highest BCUT2D eigenvalue weighted by Crippen LogP contribution is 2.38. The molecule has 9 nitrogen and oxygen atoms in total. The van der Waals surface area contributed by atoms with Gasteiger partial charge in [0.05, 0.1) is 22.8 Å². The van der Waals surface area contributed by atoms with Crippen molar-refractivity contribution in [3.8, 4) is 44.5 Å². The molecule has 0 saturated heterocycles. The first-order chi connectivity index (χ1) is 27.3. The van der Waals surface area contributed by atoms with E-state index in [4.69, 9.17) is 9.97 Å². The molecule has 59 heavy (non-hydrogen) atoms. The van der Waals surface area contributed by atoms with Crippen molar-refractivity contribution in [1.29, 1.82) is 0 Å². The van der Waals surface area contributed by atoms with Crippen molar-refractivity contribution >= 4 is 58.0 Å². The van der Waals surface area contributed by atoms with Gasteiger partial charge in [-0.05, 0) is 89.0 Å². The van der Waals surface area contributed by atoms with Gasteiger partial charge in [-0.3, -0.25) is 4.79 Å². The molecule has 0 unspecified atom stereocenters. The molecule has 0 atom stereocenters. The number of rotatable bonds is 6. The quantitative estimate of drug-likeness (QED) is 0.113. The van der Waals surface area contributed by atoms with Crippen LogP contribution in [0.2, 0.25) is 0 Å². The summed E-state index contributed by atoms with van der Waals surface area (Å²) in [6.45, 7) is 3.59. The van der Waals surface area contributed by atoms with E-state index in [1.165, 1.54) is 6.08 Å². The number of aryl methyl sites for hydroxylation is 3. The largest absolute Gasteiger partial charge is 1.00 e. The summed E-state index contributed by atoms with van der Waals surface area (Å²) in [6.07, 6.45) is 22.0. The van der Waals surface area contributed by atoms with Gasteiger partial charge in [-0.15, -0.1) is 0 Å². The fourth-order valence-corrected chi connectivity index (χ4v) is 7.34. The number of carbonyl (C=O) groups excluding carboxylic acids is 1. The predicted octanol–water partition coefficient (Wildman–Crippen LogP) is -1.07. The predicted molar refractivity (Wildman–Crippen MR) is 223 cm³/mol. The van der Waals surface area contributed by atoms with E-state index in [2.05, 4.69) is 144 Å². The minimum absolute atomic E-state index is 0. The fourth-order valence-electron chi connectivity index (χ4n) is 7.34. The summed E-state index contributed by atoms with van der Waals surface area (Å²) in [6, 6.07) is 29.1. The maximum Gasteiger partial charge on any atom is 0.247 e. The second-order valence-electron chi connectivity index (χ2n) is 14.0. The van der Waals surface area contributed by atoms with Crippen molar-refractivity contribution in [3.05, 3.63) is 158 Å². The molecule has 0 aliphatic carbocycles. The Morgan fingerprint density at radius 1 is 0.492 bits per heavy atom. The lowest BCUT2D eigenvalue weighted by Gasteiger charge is -2.07. The molecule has 8 bridgehead atoms. The number of H-pyrrole nitrogens is 2. The number of aromatic nitrogens is 7. The molecule has 9 rings (SSSR count). The monoisotopic (exact) mass is 1110 g/mol. The van der Waals surface area contributed by atoms with E-state index in [0.29, 0.717) is 5.69 Å². The van der Waals surface area contributed by atoms with Gasteiger partial charge in [0.25, 0.3) is 0 Å². The Balaban J connectivity index is 0.00000195. The topological polar surface area (TPSA) is 98.1 Å². The van der Waals surface area contributed by atoms with E-state index < -0.39 is 0 Å². The number of benzene rings is 1. The highest BCUT2D eigenvalue weighted by atomic mass is 127. The average Bonchev–Trinajstić information content (AvgIpc) is 4.05. The Morgan fingerprint density at radius 3 is 1.07 bits per heavy atom. The molecule has 12 heteroatoms. The lowest BCUT2D eigenvalue weighted by atomic mass is 10.0. The second-order valence-corrected chi connectivity index (χ2v) is 14.0. The van der Waals surface area contributed by atoms with Crippen LogP contribution in [0.15, 0.2) is 135 Å². The van der Waals surface area contributed by atoms with Gasteiger partial charge in [0, 0.05) is 86.4 Å². The Kier molecular flexibility index (Phi) is 13.4. The van der Waals surface area contributed by atoms with Gasteiger partial charge in [-0.25, -0.2) is 23.7 Å². The van der Waals surface area contributed by atoms with Crippen LogP contribution in [0.4, 0.5) is 5.69 Å². The van der Waals surface area contributed by atoms with Crippen LogP contribution in [0.1, 0.15) is 22.8 Å². The van der Waals surface area contributed by atoms with Crippen LogP contribution >= 0.6 is 0 Å². The standard InChI is InChI=1S/C47H37N8O.3HI/c1-5-43(56)48-34-8-6-30(7-9-34)44-35-10-12-37(49-35)45(31-18-24-53(2)25-19-31)39-14-16-41(51-39)47(33-22-28-55(4)29-23-33)42-17-15-40(52-42)46(38-13-11-36(44)50-38)32-20-26-54(3)27-21-32;;;/h5-29H,1H2,2-4H3,(H-,48,49,50,51,52,56);3*1H/q+1;;;/p-1. The average molecular weight is 1110 g/mol. The minimum atomic E-state index is -0.263. The maximum atomic E-state index is 12.1. The number of anilines is 1.